The monoisotopic (exact) mass is 342 g/mol. The highest BCUT2D eigenvalue weighted by molar-refractivity contribution is 6.03. The number of benzene rings is 1. The summed E-state index contributed by atoms with van der Waals surface area (Å²) in [6, 6.07) is 7.25. The number of aromatic amines is 1. The van der Waals surface area contributed by atoms with Gasteiger partial charge < -0.3 is 10.6 Å². The zero-order valence-electron chi connectivity index (χ0n) is 13.5. The van der Waals surface area contributed by atoms with Crippen molar-refractivity contribution in [3.8, 4) is 5.69 Å². The summed E-state index contributed by atoms with van der Waals surface area (Å²) in [5.41, 5.74) is 1.75. The number of hydrogen-bond acceptors (Lipinski definition) is 4. The molecule has 25 heavy (non-hydrogen) atoms. The fourth-order valence-corrected chi connectivity index (χ4v) is 2.27. The zero-order valence-corrected chi connectivity index (χ0v) is 13.5. The van der Waals surface area contributed by atoms with Crippen LogP contribution in [-0.2, 0) is 0 Å². The largest absolute Gasteiger partial charge is 0.354 e. The molecule has 0 aliphatic rings. The van der Waals surface area contributed by atoms with Crippen molar-refractivity contribution in [1.29, 1.82) is 0 Å². The minimum absolute atomic E-state index is 0.160. The van der Waals surface area contributed by atoms with Gasteiger partial charge in [-0.15, -0.1) is 0 Å². The van der Waals surface area contributed by atoms with Crippen LogP contribution >= 0.6 is 0 Å². The van der Waals surface area contributed by atoms with Crippen LogP contribution in [0.5, 0.6) is 0 Å². The summed E-state index contributed by atoms with van der Waals surface area (Å²) in [6.07, 6.45) is 1.61. The molecule has 0 aliphatic carbocycles. The van der Waals surface area contributed by atoms with Gasteiger partial charge in [-0.3, -0.25) is 14.7 Å². The summed E-state index contributed by atoms with van der Waals surface area (Å²) in [5.74, 6) is -0.953. The summed E-state index contributed by atoms with van der Waals surface area (Å²) < 4.78 is 14.7. The van der Waals surface area contributed by atoms with E-state index in [1.54, 1.807) is 19.2 Å². The Morgan fingerprint density at radius 2 is 2.00 bits per heavy atom. The molecule has 8 nitrogen and oxygen atoms in total. The second-order valence-electron chi connectivity index (χ2n) is 5.28. The first-order valence-corrected chi connectivity index (χ1v) is 7.39. The number of halogens is 1. The van der Waals surface area contributed by atoms with Gasteiger partial charge >= 0.3 is 0 Å². The average molecular weight is 342 g/mol. The minimum Gasteiger partial charge on any atom is -0.354 e. The Morgan fingerprint density at radius 3 is 2.72 bits per heavy atom. The van der Waals surface area contributed by atoms with Gasteiger partial charge in [0.25, 0.3) is 11.8 Å². The minimum atomic E-state index is -0.478. The number of carbonyl (C=O) groups excluding carboxylic acids is 2. The molecule has 9 heteroatoms. The molecule has 0 bridgehead atoms. The van der Waals surface area contributed by atoms with Crippen LogP contribution in [0.2, 0.25) is 0 Å². The molecule has 3 rings (SSSR count). The number of aromatic nitrogens is 4. The molecule has 0 fully saturated rings. The molecule has 0 unspecified atom stereocenters. The highest BCUT2D eigenvalue weighted by Crippen LogP contribution is 2.15. The number of hydrogen-bond donors (Lipinski definition) is 3. The lowest BCUT2D eigenvalue weighted by molar-refractivity contribution is 0.0957. The molecule has 0 aliphatic heterocycles. The van der Waals surface area contributed by atoms with E-state index in [0.29, 0.717) is 11.3 Å². The van der Waals surface area contributed by atoms with Gasteiger partial charge in [0.15, 0.2) is 11.5 Å². The molecular weight excluding hydrogens is 327 g/mol. The molecule has 3 N–H and O–H groups in total. The Morgan fingerprint density at radius 1 is 1.20 bits per heavy atom. The van der Waals surface area contributed by atoms with Crippen molar-refractivity contribution < 1.29 is 14.0 Å². The average Bonchev–Trinajstić information content (AvgIpc) is 3.23. The van der Waals surface area contributed by atoms with Crippen LogP contribution in [0.15, 0.2) is 36.5 Å². The number of nitrogens with zero attached hydrogens (tertiary/aromatic N) is 3. The second kappa shape index (κ2) is 6.56. The van der Waals surface area contributed by atoms with Gasteiger partial charge in [-0.25, -0.2) is 9.07 Å². The maximum atomic E-state index is 13.2. The summed E-state index contributed by atoms with van der Waals surface area (Å²) in [6.45, 7) is 1.75. The van der Waals surface area contributed by atoms with Gasteiger partial charge in [0.05, 0.1) is 5.69 Å². The Balaban J connectivity index is 1.76. The number of nitrogens with one attached hydrogen (secondary N) is 3. The van der Waals surface area contributed by atoms with E-state index in [4.69, 9.17) is 0 Å². The van der Waals surface area contributed by atoms with E-state index < -0.39 is 5.91 Å². The molecule has 2 heterocycles. The second-order valence-corrected chi connectivity index (χ2v) is 5.28. The Hall–Kier alpha value is -3.49. The fourth-order valence-electron chi connectivity index (χ4n) is 2.27. The summed E-state index contributed by atoms with van der Waals surface area (Å²) in [5, 5.41) is 15.5. The molecule has 0 saturated heterocycles. The van der Waals surface area contributed by atoms with E-state index in [2.05, 4.69) is 25.9 Å². The third-order valence-corrected chi connectivity index (χ3v) is 3.52. The Bertz CT molecular complexity index is 946. The molecule has 0 saturated carbocycles. The molecular formula is C16H15FN6O2. The molecule has 0 spiro atoms. The lowest BCUT2D eigenvalue weighted by atomic mass is 10.2. The van der Waals surface area contributed by atoms with Gasteiger partial charge in [0, 0.05) is 19.3 Å². The first-order valence-electron chi connectivity index (χ1n) is 7.39. The van der Waals surface area contributed by atoms with Gasteiger partial charge in [0.2, 0.25) is 0 Å². The predicted octanol–water partition coefficient (Wildman–Crippen LogP) is 1.65. The van der Waals surface area contributed by atoms with Crippen LogP contribution in [0.3, 0.4) is 0 Å². The van der Waals surface area contributed by atoms with Gasteiger partial charge in [-0.1, -0.05) is 0 Å². The molecule has 3 aromatic rings. The number of amides is 2. The molecule has 0 atom stereocenters. The topological polar surface area (TPSA) is 105 Å². The fraction of sp³-hybridized carbons (Fsp3) is 0.125. The highest BCUT2D eigenvalue weighted by atomic mass is 19.1. The van der Waals surface area contributed by atoms with E-state index in [0.717, 1.165) is 0 Å². The third-order valence-electron chi connectivity index (χ3n) is 3.52. The molecule has 2 amide bonds. The number of rotatable bonds is 4. The molecule has 128 valence electrons. The highest BCUT2D eigenvalue weighted by Gasteiger charge is 2.14. The van der Waals surface area contributed by atoms with Crippen molar-refractivity contribution >= 4 is 17.6 Å². The molecule has 0 radical (unpaired) electrons. The van der Waals surface area contributed by atoms with E-state index in [9.17, 15) is 14.0 Å². The van der Waals surface area contributed by atoms with Crippen molar-refractivity contribution in [2.45, 2.75) is 6.92 Å². The normalized spacial score (nSPS) is 10.5. The molecule has 2 aromatic heterocycles. The van der Waals surface area contributed by atoms with Crippen LogP contribution < -0.4 is 10.6 Å². The van der Waals surface area contributed by atoms with Crippen molar-refractivity contribution in [1.82, 2.24) is 25.3 Å². The van der Waals surface area contributed by atoms with Crippen molar-refractivity contribution in [2.75, 3.05) is 12.4 Å². The SMILES string of the molecule is CNC(=O)c1cc(NC(=O)c2ccn(-c3ccc(F)cc3C)n2)n[nH]1. The van der Waals surface area contributed by atoms with E-state index in [-0.39, 0.29) is 28.9 Å². The van der Waals surface area contributed by atoms with E-state index in [1.165, 1.54) is 36.0 Å². The Kier molecular flexibility index (Phi) is 4.29. The van der Waals surface area contributed by atoms with Crippen molar-refractivity contribution in [3.63, 3.8) is 0 Å². The predicted molar refractivity (Wildman–Crippen MR) is 88.2 cm³/mol. The molecule has 1 aromatic carbocycles. The first kappa shape index (κ1) is 16.4. The van der Waals surface area contributed by atoms with E-state index >= 15 is 0 Å². The van der Waals surface area contributed by atoms with Crippen LogP contribution in [0.4, 0.5) is 10.2 Å². The lowest BCUT2D eigenvalue weighted by Crippen LogP contribution is -2.18. The van der Waals surface area contributed by atoms with Crippen LogP contribution in [-0.4, -0.2) is 38.8 Å². The number of carbonyl (C=O) groups is 2. The maximum Gasteiger partial charge on any atom is 0.277 e. The van der Waals surface area contributed by atoms with Crippen LogP contribution in [0, 0.1) is 12.7 Å². The smallest absolute Gasteiger partial charge is 0.277 e. The van der Waals surface area contributed by atoms with Crippen molar-refractivity contribution in [2.24, 2.45) is 0 Å². The number of anilines is 1. The standard InChI is InChI=1S/C16H15FN6O2/c1-9-7-10(17)3-4-13(9)23-6-5-11(22-23)16(25)19-14-8-12(20-21-14)15(24)18-2/h3-8H,1-2H3,(H,18,24)(H2,19,20,21,25). The third kappa shape index (κ3) is 3.39. The first-order chi connectivity index (χ1) is 12.0. The van der Waals surface area contributed by atoms with Gasteiger partial charge in [-0.2, -0.15) is 10.2 Å². The zero-order chi connectivity index (χ0) is 18.0. The maximum absolute atomic E-state index is 13.2. The lowest BCUT2D eigenvalue weighted by Gasteiger charge is -2.05. The number of aryl methyl sites for hydroxylation is 1. The number of H-pyrrole nitrogens is 1. The van der Waals surface area contributed by atoms with Crippen LogP contribution in [0.1, 0.15) is 26.5 Å². The van der Waals surface area contributed by atoms with Crippen LogP contribution in [0.25, 0.3) is 5.69 Å². The van der Waals surface area contributed by atoms with Gasteiger partial charge in [0.1, 0.15) is 11.5 Å². The van der Waals surface area contributed by atoms with E-state index in [1.807, 2.05) is 0 Å². The van der Waals surface area contributed by atoms with Crippen molar-refractivity contribution in [3.05, 3.63) is 59.3 Å². The Labute approximate surface area is 142 Å². The summed E-state index contributed by atoms with van der Waals surface area (Å²) >= 11 is 0. The van der Waals surface area contributed by atoms with Gasteiger partial charge in [-0.05, 0) is 36.8 Å². The summed E-state index contributed by atoms with van der Waals surface area (Å²) in [7, 11) is 1.49. The quantitative estimate of drug-likeness (QED) is 0.670. The summed E-state index contributed by atoms with van der Waals surface area (Å²) in [4.78, 5) is 23.7.